The van der Waals surface area contributed by atoms with Crippen LogP contribution >= 0.6 is 11.8 Å². The van der Waals surface area contributed by atoms with Gasteiger partial charge < -0.3 is 10.1 Å². The molecular formula is C13H25NOS. The predicted molar refractivity (Wildman–Crippen MR) is 71.1 cm³/mol. The summed E-state index contributed by atoms with van der Waals surface area (Å²) in [6, 6.07) is 0.746. The van der Waals surface area contributed by atoms with Crippen molar-refractivity contribution in [2.75, 3.05) is 25.5 Å². The van der Waals surface area contributed by atoms with Gasteiger partial charge in [-0.05, 0) is 25.3 Å². The van der Waals surface area contributed by atoms with Crippen molar-refractivity contribution < 1.29 is 4.74 Å². The first-order valence-corrected chi connectivity index (χ1v) is 7.87. The highest BCUT2D eigenvalue weighted by atomic mass is 32.2. The molecular weight excluding hydrogens is 218 g/mol. The van der Waals surface area contributed by atoms with E-state index in [4.69, 9.17) is 4.74 Å². The molecule has 2 nitrogen and oxygen atoms in total. The van der Waals surface area contributed by atoms with Crippen LogP contribution in [0.1, 0.15) is 39.0 Å². The van der Waals surface area contributed by atoms with Crippen molar-refractivity contribution in [2.24, 2.45) is 5.92 Å². The van der Waals surface area contributed by atoms with Crippen molar-refractivity contribution in [3.8, 4) is 0 Å². The van der Waals surface area contributed by atoms with E-state index in [0.29, 0.717) is 0 Å². The molecule has 1 aliphatic heterocycles. The van der Waals surface area contributed by atoms with Gasteiger partial charge in [0, 0.05) is 11.8 Å². The molecule has 1 heterocycles. The summed E-state index contributed by atoms with van der Waals surface area (Å²) in [4.78, 5) is 0. The molecule has 16 heavy (non-hydrogen) atoms. The highest BCUT2D eigenvalue weighted by molar-refractivity contribution is 8.00. The van der Waals surface area contributed by atoms with Crippen LogP contribution in [0.4, 0.5) is 0 Å². The number of nitrogens with one attached hydrogen (secondary N) is 1. The fourth-order valence-electron chi connectivity index (χ4n) is 2.71. The molecule has 2 rings (SSSR count). The Labute approximate surface area is 104 Å². The molecule has 1 unspecified atom stereocenters. The molecule has 0 aromatic rings. The van der Waals surface area contributed by atoms with Gasteiger partial charge >= 0.3 is 0 Å². The Morgan fingerprint density at radius 1 is 1.25 bits per heavy atom. The molecule has 0 bridgehead atoms. The molecule has 1 saturated carbocycles. The van der Waals surface area contributed by atoms with Crippen LogP contribution in [0.5, 0.6) is 0 Å². The van der Waals surface area contributed by atoms with Crippen LogP contribution in [0.15, 0.2) is 0 Å². The van der Waals surface area contributed by atoms with E-state index in [1.54, 1.807) is 0 Å². The van der Waals surface area contributed by atoms with E-state index in [2.05, 4.69) is 24.0 Å². The van der Waals surface area contributed by atoms with Crippen LogP contribution in [-0.4, -0.2) is 36.8 Å². The Morgan fingerprint density at radius 2 is 2.00 bits per heavy atom. The quantitative estimate of drug-likeness (QED) is 0.775. The summed E-state index contributed by atoms with van der Waals surface area (Å²) in [5.74, 6) is 2.22. The summed E-state index contributed by atoms with van der Waals surface area (Å²) in [6.45, 7) is 5.30. The molecule has 0 radical (unpaired) electrons. The first kappa shape index (κ1) is 12.7. The van der Waals surface area contributed by atoms with Gasteiger partial charge in [-0.25, -0.2) is 0 Å². The van der Waals surface area contributed by atoms with E-state index in [9.17, 15) is 0 Å². The van der Waals surface area contributed by atoms with E-state index in [-0.39, 0.29) is 0 Å². The Balaban J connectivity index is 1.72. The van der Waals surface area contributed by atoms with Gasteiger partial charge in [0.25, 0.3) is 0 Å². The van der Waals surface area contributed by atoms with E-state index in [0.717, 1.165) is 37.0 Å². The normalized spacial score (nSPS) is 25.3. The molecule has 1 N–H and O–H groups in total. The van der Waals surface area contributed by atoms with Crippen molar-refractivity contribution in [1.82, 2.24) is 5.32 Å². The zero-order valence-corrected chi connectivity index (χ0v) is 11.2. The average Bonchev–Trinajstić information content (AvgIpc) is 2.27. The maximum atomic E-state index is 5.23. The highest BCUT2D eigenvalue weighted by Crippen LogP contribution is 2.29. The average molecular weight is 243 g/mol. The maximum absolute atomic E-state index is 5.23. The largest absolute Gasteiger partial charge is 0.379 e. The van der Waals surface area contributed by atoms with Crippen molar-refractivity contribution in [3.63, 3.8) is 0 Å². The number of hydrogen-bond acceptors (Lipinski definition) is 3. The van der Waals surface area contributed by atoms with Crippen molar-refractivity contribution >= 4 is 11.8 Å². The van der Waals surface area contributed by atoms with E-state index in [1.807, 2.05) is 0 Å². The zero-order valence-electron chi connectivity index (χ0n) is 10.4. The Morgan fingerprint density at radius 3 is 2.56 bits per heavy atom. The summed E-state index contributed by atoms with van der Waals surface area (Å²) in [6.07, 6.45) is 7.24. The van der Waals surface area contributed by atoms with Gasteiger partial charge in [0.2, 0.25) is 0 Å². The standard InChI is InChI=1S/C13H25NOS/c1-2-14-13(10-16-12-8-15-9-12)11-6-4-3-5-7-11/h11-14H,2-10H2,1H3. The summed E-state index contributed by atoms with van der Waals surface area (Å²) in [5.41, 5.74) is 0. The van der Waals surface area contributed by atoms with Crippen molar-refractivity contribution in [3.05, 3.63) is 0 Å². The molecule has 0 aromatic carbocycles. The second-order valence-corrected chi connectivity index (χ2v) is 6.39. The van der Waals surface area contributed by atoms with Crippen LogP contribution in [0.25, 0.3) is 0 Å². The molecule has 0 spiro atoms. The molecule has 2 aliphatic rings. The number of ether oxygens (including phenoxy) is 1. The lowest BCUT2D eigenvalue weighted by Crippen LogP contribution is -2.41. The fraction of sp³-hybridized carbons (Fsp3) is 1.00. The lowest BCUT2D eigenvalue weighted by atomic mass is 9.84. The minimum Gasteiger partial charge on any atom is -0.379 e. The van der Waals surface area contributed by atoms with Gasteiger partial charge in [-0.3, -0.25) is 0 Å². The van der Waals surface area contributed by atoms with Gasteiger partial charge in [0.15, 0.2) is 0 Å². The first-order chi connectivity index (χ1) is 7.90. The van der Waals surface area contributed by atoms with Crippen LogP contribution in [-0.2, 0) is 4.74 Å². The third-order valence-corrected chi connectivity index (χ3v) is 5.10. The number of hydrogen-bond donors (Lipinski definition) is 1. The Kier molecular flexibility index (Phi) is 5.46. The van der Waals surface area contributed by atoms with Gasteiger partial charge in [0.1, 0.15) is 0 Å². The molecule has 0 aromatic heterocycles. The van der Waals surface area contributed by atoms with Crippen LogP contribution < -0.4 is 5.32 Å². The SMILES string of the molecule is CCNC(CSC1COC1)C1CCCCC1. The van der Waals surface area contributed by atoms with Gasteiger partial charge in [-0.1, -0.05) is 26.2 Å². The van der Waals surface area contributed by atoms with Gasteiger partial charge in [-0.2, -0.15) is 11.8 Å². The van der Waals surface area contributed by atoms with Crippen molar-refractivity contribution in [1.29, 1.82) is 0 Å². The highest BCUT2D eigenvalue weighted by Gasteiger charge is 2.26. The maximum Gasteiger partial charge on any atom is 0.0607 e. The van der Waals surface area contributed by atoms with E-state index < -0.39 is 0 Å². The molecule has 94 valence electrons. The fourth-order valence-corrected chi connectivity index (χ4v) is 3.96. The molecule has 2 fully saturated rings. The first-order valence-electron chi connectivity index (χ1n) is 6.83. The van der Waals surface area contributed by atoms with Crippen LogP contribution in [0.2, 0.25) is 0 Å². The molecule has 1 atom stereocenters. The Bertz CT molecular complexity index is 190. The second-order valence-electron chi connectivity index (χ2n) is 5.06. The second kappa shape index (κ2) is 6.87. The summed E-state index contributed by atoms with van der Waals surface area (Å²) < 4.78 is 5.23. The summed E-state index contributed by atoms with van der Waals surface area (Å²) in [5, 5.41) is 4.48. The van der Waals surface area contributed by atoms with E-state index >= 15 is 0 Å². The molecule has 1 saturated heterocycles. The minimum atomic E-state index is 0.746. The smallest absolute Gasteiger partial charge is 0.0607 e. The topological polar surface area (TPSA) is 21.3 Å². The molecule has 3 heteroatoms. The third-order valence-electron chi connectivity index (χ3n) is 3.80. The molecule has 0 amide bonds. The number of rotatable bonds is 6. The lowest BCUT2D eigenvalue weighted by molar-refractivity contribution is 0.0454. The Hall–Kier alpha value is 0.270. The summed E-state index contributed by atoms with van der Waals surface area (Å²) >= 11 is 2.12. The zero-order chi connectivity index (χ0) is 11.2. The number of thioether (sulfide) groups is 1. The van der Waals surface area contributed by atoms with E-state index in [1.165, 1.54) is 37.9 Å². The van der Waals surface area contributed by atoms with Crippen LogP contribution in [0.3, 0.4) is 0 Å². The predicted octanol–water partition coefficient (Wildman–Crippen LogP) is 2.68. The third kappa shape index (κ3) is 3.64. The van der Waals surface area contributed by atoms with Crippen molar-refractivity contribution in [2.45, 2.75) is 50.3 Å². The monoisotopic (exact) mass is 243 g/mol. The van der Waals surface area contributed by atoms with Gasteiger partial charge in [-0.15, -0.1) is 0 Å². The van der Waals surface area contributed by atoms with Gasteiger partial charge in [0.05, 0.1) is 18.5 Å². The summed E-state index contributed by atoms with van der Waals surface area (Å²) in [7, 11) is 0. The molecule has 1 aliphatic carbocycles. The van der Waals surface area contributed by atoms with Crippen LogP contribution in [0, 0.1) is 5.92 Å². The minimum absolute atomic E-state index is 0.746. The lowest BCUT2D eigenvalue weighted by Gasteiger charge is -2.33.